The highest BCUT2D eigenvalue weighted by Crippen LogP contribution is 2.39. The van der Waals surface area contributed by atoms with E-state index in [2.05, 4.69) is 84.6 Å². The molecular formula is C22H23ClN2S. The van der Waals surface area contributed by atoms with E-state index in [-0.39, 0.29) is 0 Å². The summed E-state index contributed by atoms with van der Waals surface area (Å²) in [5.74, 6) is 0. The van der Waals surface area contributed by atoms with Gasteiger partial charge in [-0.1, -0.05) is 67.1 Å². The summed E-state index contributed by atoms with van der Waals surface area (Å²) in [7, 11) is 2.05. The van der Waals surface area contributed by atoms with Crippen molar-refractivity contribution in [3.8, 4) is 0 Å². The van der Waals surface area contributed by atoms with E-state index in [0.29, 0.717) is 16.7 Å². The molecule has 134 valence electrons. The number of fused-ring (bicyclic) bond motifs is 2. The molecule has 26 heavy (non-hydrogen) atoms. The van der Waals surface area contributed by atoms with Crippen molar-refractivity contribution < 1.29 is 0 Å². The van der Waals surface area contributed by atoms with Gasteiger partial charge in [-0.15, -0.1) is 11.8 Å². The number of halogens is 1. The Kier molecular flexibility index (Phi) is 5.12. The molecule has 0 spiro atoms. The molecule has 1 aromatic rings. The second kappa shape index (κ2) is 7.51. The van der Waals surface area contributed by atoms with Crippen LogP contribution >= 0.6 is 23.4 Å². The fourth-order valence-electron chi connectivity index (χ4n) is 3.76. The molecule has 4 heteroatoms. The van der Waals surface area contributed by atoms with Gasteiger partial charge in [0.2, 0.25) is 0 Å². The maximum absolute atomic E-state index is 6.17. The van der Waals surface area contributed by atoms with Crippen LogP contribution < -0.4 is 4.90 Å². The Hall–Kier alpha value is -1.68. The molecule has 4 rings (SSSR count). The lowest BCUT2D eigenvalue weighted by Crippen LogP contribution is -2.36. The predicted octanol–water partition coefficient (Wildman–Crippen LogP) is 5.50. The SMILES string of the molecule is CCN1C(C=CC=C2C=CN(C)c3cc(Cl)ccc32)SC2C=CC=CC21. The predicted molar refractivity (Wildman–Crippen MR) is 116 cm³/mol. The first-order valence-electron chi connectivity index (χ1n) is 9.03. The van der Waals surface area contributed by atoms with Crippen LogP contribution in [0.3, 0.4) is 0 Å². The summed E-state index contributed by atoms with van der Waals surface area (Å²) >= 11 is 8.20. The lowest BCUT2D eigenvalue weighted by atomic mass is 10.00. The lowest BCUT2D eigenvalue weighted by Gasteiger charge is -2.26. The second-order valence-corrected chi connectivity index (χ2v) is 8.41. The van der Waals surface area contributed by atoms with Gasteiger partial charge in [-0.3, -0.25) is 4.90 Å². The number of thioether (sulfide) groups is 1. The third-order valence-corrected chi connectivity index (χ3v) is 6.80. The number of anilines is 1. The van der Waals surface area contributed by atoms with Crippen LogP contribution in [0.2, 0.25) is 5.02 Å². The molecule has 1 aliphatic carbocycles. The maximum atomic E-state index is 6.17. The van der Waals surface area contributed by atoms with E-state index < -0.39 is 0 Å². The normalized spacial score (nSPS) is 29.0. The second-order valence-electron chi connectivity index (χ2n) is 6.68. The van der Waals surface area contributed by atoms with Gasteiger partial charge in [0.1, 0.15) is 0 Å². The number of rotatable bonds is 3. The van der Waals surface area contributed by atoms with E-state index in [4.69, 9.17) is 11.6 Å². The van der Waals surface area contributed by atoms with Gasteiger partial charge in [-0.05, 0) is 30.3 Å². The minimum atomic E-state index is 0.416. The molecule has 2 heterocycles. The zero-order valence-corrected chi connectivity index (χ0v) is 16.6. The highest BCUT2D eigenvalue weighted by molar-refractivity contribution is 8.01. The van der Waals surface area contributed by atoms with Gasteiger partial charge in [0, 0.05) is 40.8 Å². The van der Waals surface area contributed by atoms with E-state index in [1.54, 1.807) is 0 Å². The summed E-state index contributed by atoms with van der Waals surface area (Å²) < 4.78 is 0. The van der Waals surface area contributed by atoms with E-state index >= 15 is 0 Å². The summed E-state index contributed by atoms with van der Waals surface area (Å²) in [4.78, 5) is 4.67. The standard InChI is InChI=1S/C22H23ClN2S/c1-3-25-19-8-4-5-9-21(19)26-22(25)10-6-7-16-13-14-24(2)20-15-17(23)11-12-18(16)20/h4-15,19,21-22H,3H2,1-2H3. The number of allylic oxidation sites excluding steroid dienone is 6. The Morgan fingerprint density at radius 2 is 2.08 bits per heavy atom. The largest absolute Gasteiger partial charge is 0.350 e. The molecule has 3 aliphatic rings. The number of hydrogen-bond acceptors (Lipinski definition) is 3. The van der Waals surface area contributed by atoms with Crippen LogP contribution in [-0.2, 0) is 0 Å². The smallest absolute Gasteiger partial charge is 0.0759 e. The molecule has 1 aromatic carbocycles. The Morgan fingerprint density at radius 3 is 2.92 bits per heavy atom. The number of hydrogen-bond donors (Lipinski definition) is 0. The minimum Gasteiger partial charge on any atom is -0.350 e. The molecule has 0 aromatic heterocycles. The molecular weight excluding hydrogens is 360 g/mol. The van der Waals surface area contributed by atoms with E-state index in [9.17, 15) is 0 Å². The van der Waals surface area contributed by atoms with Crippen LogP contribution in [0.1, 0.15) is 12.5 Å². The first-order valence-corrected chi connectivity index (χ1v) is 10.3. The van der Waals surface area contributed by atoms with Crippen molar-refractivity contribution in [3.63, 3.8) is 0 Å². The molecule has 0 saturated carbocycles. The topological polar surface area (TPSA) is 6.48 Å². The molecule has 2 nitrogen and oxygen atoms in total. The Morgan fingerprint density at radius 1 is 1.23 bits per heavy atom. The van der Waals surface area contributed by atoms with Crippen LogP contribution in [0.4, 0.5) is 5.69 Å². The summed E-state index contributed by atoms with van der Waals surface area (Å²) in [5, 5.41) is 1.75. The van der Waals surface area contributed by atoms with Gasteiger partial charge in [0.05, 0.1) is 5.37 Å². The summed E-state index contributed by atoms with van der Waals surface area (Å²) in [6, 6.07) is 6.60. The Balaban J connectivity index is 1.56. The highest BCUT2D eigenvalue weighted by atomic mass is 35.5. The lowest BCUT2D eigenvalue weighted by molar-refractivity contribution is 0.272. The quantitative estimate of drug-likeness (QED) is 0.681. The molecule has 1 saturated heterocycles. The summed E-state index contributed by atoms with van der Waals surface area (Å²) in [6.07, 6.45) is 20.0. The molecule has 0 amide bonds. The average molecular weight is 383 g/mol. The molecule has 0 bridgehead atoms. The number of nitrogens with zero attached hydrogens (tertiary/aromatic N) is 2. The van der Waals surface area contributed by atoms with Crippen LogP contribution in [0.25, 0.3) is 5.57 Å². The van der Waals surface area contributed by atoms with Crippen LogP contribution in [0, 0.1) is 0 Å². The third-order valence-electron chi connectivity index (χ3n) is 5.11. The Bertz CT molecular complexity index is 837. The van der Waals surface area contributed by atoms with Crippen molar-refractivity contribution in [2.75, 3.05) is 18.5 Å². The molecule has 2 aliphatic heterocycles. The number of benzene rings is 1. The van der Waals surface area contributed by atoms with Crippen molar-refractivity contribution in [2.45, 2.75) is 23.6 Å². The van der Waals surface area contributed by atoms with Gasteiger partial charge in [0.25, 0.3) is 0 Å². The summed E-state index contributed by atoms with van der Waals surface area (Å²) in [5.41, 5.74) is 3.58. The van der Waals surface area contributed by atoms with Crippen molar-refractivity contribution >= 4 is 34.6 Å². The van der Waals surface area contributed by atoms with Crippen molar-refractivity contribution in [1.29, 1.82) is 0 Å². The molecule has 0 N–H and O–H groups in total. The highest BCUT2D eigenvalue weighted by Gasteiger charge is 2.37. The van der Waals surface area contributed by atoms with Crippen LogP contribution in [0.5, 0.6) is 0 Å². The Labute approximate surface area is 165 Å². The van der Waals surface area contributed by atoms with Gasteiger partial charge >= 0.3 is 0 Å². The molecule has 0 radical (unpaired) electrons. The zero-order valence-electron chi connectivity index (χ0n) is 15.0. The first-order chi connectivity index (χ1) is 12.7. The van der Waals surface area contributed by atoms with Crippen molar-refractivity contribution in [3.05, 3.63) is 83.6 Å². The van der Waals surface area contributed by atoms with Crippen LogP contribution in [-0.4, -0.2) is 35.2 Å². The van der Waals surface area contributed by atoms with E-state index in [1.807, 2.05) is 23.9 Å². The fourth-order valence-corrected chi connectivity index (χ4v) is 5.46. The number of likely N-dealkylation sites (N-methyl/N-ethyl adjacent to an activating group) is 1. The van der Waals surface area contributed by atoms with Gasteiger partial charge < -0.3 is 4.90 Å². The minimum absolute atomic E-state index is 0.416. The molecule has 3 unspecified atom stereocenters. The van der Waals surface area contributed by atoms with Gasteiger partial charge in [-0.25, -0.2) is 0 Å². The van der Waals surface area contributed by atoms with Gasteiger partial charge in [0.15, 0.2) is 0 Å². The van der Waals surface area contributed by atoms with Crippen LogP contribution in [0.15, 0.2) is 73.0 Å². The fraction of sp³-hybridized carbons (Fsp3) is 0.273. The van der Waals surface area contributed by atoms with Crippen molar-refractivity contribution in [2.24, 2.45) is 0 Å². The zero-order chi connectivity index (χ0) is 18.1. The van der Waals surface area contributed by atoms with Crippen molar-refractivity contribution in [1.82, 2.24) is 4.90 Å². The summed E-state index contributed by atoms with van der Waals surface area (Å²) in [6.45, 7) is 3.30. The van der Waals surface area contributed by atoms with Gasteiger partial charge in [-0.2, -0.15) is 0 Å². The molecule has 1 fully saturated rings. The van der Waals surface area contributed by atoms with E-state index in [0.717, 1.165) is 17.3 Å². The first kappa shape index (κ1) is 17.7. The monoisotopic (exact) mass is 382 g/mol. The average Bonchev–Trinajstić information content (AvgIpc) is 3.01. The third kappa shape index (κ3) is 3.32. The molecule has 3 atom stereocenters. The van der Waals surface area contributed by atoms with E-state index in [1.165, 1.54) is 11.1 Å². The maximum Gasteiger partial charge on any atom is 0.0759 e.